The van der Waals surface area contributed by atoms with Gasteiger partial charge in [-0.1, -0.05) is 12.1 Å². The molecule has 5 nitrogen and oxygen atoms in total. The second-order valence-corrected chi connectivity index (χ2v) is 4.40. The molecule has 1 atom stereocenters. The fourth-order valence-electron chi connectivity index (χ4n) is 1.95. The molecular weight excluding hydrogens is 258 g/mol. The predicted octanol–water partition coefficient (Wildman–Crippen LogP) is 1.77. The average molecular weight is 279 g/mol. The highest BCUT2D eigenvalue weighted by Gasteiger charge is 2.17. The molecule has 110 valence electrons. The average Bonchev–Trinajstić information content (AvgIpc) is 2.47. The highest BCUT2D eigenvalue weighted by atomic mass is 16.5. The number of carbonyl (C=O) groups is 2. The molecule has 1 N–H and O–H groups in total. The van der Waals surface area contributed by atoms with E-state index in [0.717, 1.165) is 0 Å². The first-order chi connectivity index (χ1) is 9.53. The summed E-state index contributed by atoms with van der Waals surface area (Å²) in [5, 5.41) is 10.1. The van der Waals surface area contributed by atoms with Crippen LogP contribution in [0.3, 0.4) is 0 Å². The van der Waals surface area contributed by atoms with Gasteiger partial charge in [0.1, 0.15) is 0 Å². The number of hydrogen-bond acceptors (Lipinski definition) is 4. The Morgan fingerprint density at radius 2 is 1.75 bits per heavy atom. The van der Waals surface area contributed by atoms with Crippen LogP contribution in [0.4, 0.5) is 0 Å². The van der Waals surface area contributed by atoms with Crippen LogP contribution in [0.5, 0.6) is 0 Å². The quantitative estimate of drug-likeness (QED) is 0.806. The van der Waals surface area contributed by atoms with E-state index in [2.05, 4.69) is 4.74 Å². The summed E-state index contributed by atoms with van der Waals surface area (Å²) in [6, 6.07) is 6.41. The Morgan fingerprint density at radius 3 is 2.20 bits per heavy atom. The van der Waals surface area contributed by atoms with Gasteiger partial charge in [-0.2, -0.15) is 0 Å². The van der Waals surface area contributed by atoms with Crippen molar-refractivity contribution in [3.63, 3.8) is 0 Å². The maximum Gasteiger partial charge on any atom is 0.337 e. The molecule has 0 aliphatic carbocycles. The molecule has 0 fully saturated rings. The molecule has 0 saturated heterocycles. The largest absolute Gasteiger partial charge is 0.465 e. The van der Waals surface area contributed by atoms with Gasteiger partial charge in [0, 0.05) is 13.1 Å². The van der Waals surface area contributed by atoms with Crippen molar-refractivity contribution in [2.75, 3.05) is 20.2 Å². The first-order valence-corrected chi connectivity index (χ1v) is 6.67. The number of aliphatic hydroxyl groups is 1. The Labute approximate surface area is 119 Å². The highest BCUT2D eigenvalue weighted by molar-refractivity contribution is 5.89. The SMILES string of the molecule is CCN(CC)C(=O)CC(O)c1ccc(C(=O)OC)cc1. The molecule has 0 saturated carbocycles. The van der Waals surface area contributed by atoms with E-state index in [-0.39, 0.29) is 12.3 Å². The number of carbonyl (C=O) groups excluding carboxylic acids is 2. The van der Waals surface area contributed by atoms with Crippen LogP contribution in [0.1, 0.15) is 42.3 Å². The summed E-state index contributed by atoms with van der Waals surface area (Å²) in [5.41, 5.74) is 1.02. The van der Waals surface area contributed by atoms with Gasteiger partial charge in [0.15, 0.2) is 0 Å². The van der Waals surface area contributed by atoms with E-state index in [0.29, 0.717) is 24.2 Å². The Kier molecular flexibility index (Phi) is 6.18. The zero-order valence-corrected chi connectivity index (χ0v) is 12.1. The molecule has 0 aromatic heterocycles. The summed E-state index contributed by atoms with van der Waals surface area (Å²) in [5.74, 6) is -0.509. The number of ether oxygens (including phenoxy) is 1. The van der Waals surface area contributed by atoms with Gasteiger partial charge in [-0.3, -0.25) is 4.79 Å². The summed E-state index contributed by atoms with van der Waals surface area (Å²) >= 11 is 0. The molecule has 0 spiro atoms. The lowest BCUT2D eigenvalue weighted by Crippen LogP contribution is -2.31. The number of hydrogen-bond donors (Lipinski definition) is 1. The van der Waals surface area contributed by atoms with Crippen molar-refractivity contribution in [1.29, 1.82) is 0 Å². The smallest absolute Gasteiger partial charge is 0.337 e. The topological polar surface area (TPSA) is 66.8 Å². The van der Waals surface area contributed by atoms with Gasteiger partial charge in [-0.25, -0.2) is 4.79 Å². The summed E-state index contributed by atoms with van der Waals surface area (Å²) < 4.78 is 4.60. The molecule has 5 heteroatoms. The molecule has 1 amide bonds. The number of aliphatic hydroxyl groups excluding tert-OH is 1. The monoisotopic (exact) mass is 279 g/mol. The highest BCUT2D eigenvalue weighted by Crippen LogP contribution is 2.18. The molecular formula is C15H21NO4. The zero-order chi connectivity index (χ0) is 15.1. The fraction of sp³-hybridized carbons (Fsp3) is 0.467. The van der Waals surface area contributed by atoms with Crippen molar-refractivity contribution in [2.24, 2.45) is 0 Å². The molecule has 1 rings (SSSR count). The van der Waals surface area contributed by atoms with Crippen molar-refractivity contribution in [3.05, 3.63) is 35.4 Å². The molecule has 1 aromatic rings. The normalized spacial score (nSPS) is 11.8. The van der Waals surface area contributed by atoms with Crippen molar-refractivity contribution in [1.82, 2.24) is 4.90 Å². The van der Waals surface area contributed by atoms with Crippen LogP contribution in [0, 0.1) is 0 Å². The van der Waals surface area contributed by atoms with Crippen molar-refractivity contribution >= 4 is 11.9 Å². The van der Waals surface area contributed by atoms with Gasteiger partial charge >= 0.3 is 5.97 Å². The van der Waals surface area contributed by atoms with Crippen LogP contribution in [0.15, 0.2) is 24.3 Å². The second kappa shape index (κ2) is 7.65. The van der Waals surface area contributed by atoms with Crippen molar-refractivity contribution in [2.45, 2.75) is 26.4 Å². The van der Waals surface area contributed by atoms with Crippen molar-refractivity contribution < 1.29 is 19.4 Å². The predicted molar refractivity (Wildman–Crippen MR) is 75.3 cm³/mol. The van der Waals surface area contributed by atoms with Gasteiger partial charge in [-0.15, -0.1) is 0 Å². The van der Waals surface area contributed by atoms with Gasteiger partial charge < -0.3 is 14.7 Å². The molecule has 20 heavy (non-hydrogen) atoms. The maximum atomic E-state index is 11.9. The number of methoxy groups -OCH3 is 1. The molecule has 0 heterocycles. The number of benzene rings is 1. The maximum absolute atomic E-state index is 11.9. The van der Waals surface area contributed by atoms with Gasteiger partial charge in [-0.05, 0) is 31.5 Å². The molecule has 0 radical (unpaired) electrons. The molecule has 1 unspecified atom stereocenters. The molecule has 0 aliphatic rings. The standard InChI is InChI=1S/C15H21NO4/c1-4-16(5-2)14(18)10-13(17)11-6-8-12(9-7-11)15(19)20-3/h6-9,13,17H,4-5,10H2,1-3H3. The van der Waals surface area contributed by atoms with Gasteiger partial charge in [0.2, 0.25) is 5.91 Å². The van der Waals surface area contributed by atoms with Crippen LogP contribution < -0.4 is 0 Å². The van der Waals surface area contributed by atoms with Crippen LogP contribution in [-0.2, 0) is 9.53 Å². The minimum Gasteiger partial charge on any atom is -0.465 e. The third-order valence-corrected chi connectivity index (χ3v) is 3.20. The first-order valence-electron chi connectivity index (χ1n) is 6.67. The lowest BCUT2D eigenvalue weighted by molar-refractivity contribution is -0.132. The number of esters is 1. The molecule has 1 aromatic carbocycles. The summed E-state index contributed by atoms with van der Waals surface area (Å²) in [4.78, 5) is 24.9. The van der Waals surface area contributed by atoms with Crippen LogP contribution in [0.2, 0.25) is 0 Å². The van der Waals surface area contributed by atoms with Gasteiger partial charge in [0.25, 0.3) is 0 Å². The summed E-state index contributed by atoms with van der Waals surface area (Å²) in [6.07, 6.45) is -0.825. The Hall–Kier alpha value is -1.88. The third kappa shape index (κ3) is 4.06. The first kappa shape index (κ1) is 16.2. The number of amides is 1. The van der Waals surface area contributed by atoms with E-state index >= 15 is 0 Å². The van der Waals surface area contributed by atoms with E-state index in [1.165, 1.54) is 7.11 Å². The Balaban J connectivity index is 2.70. The zero-order valence-electron chi connectivity index (χ0n) is 12.1. The third-order valence-electron chi connectivity index (χ3n) is 3.20. The lowest BCUT2D eigenvalue weighted by Gasteiger charge is -2.20. The van der Waals surface area contributed by atoms with E-state index < -0.39 is 12.1 Å². The van der Waals surface area contributed by atoms with E-state index in [4.69, 9.17) is 0 Å². The van der Waals surface area contributed by atoms with E-state index in [1.807, 2.05) is 13.8 Å². The number of rotatable bonds is 6. The van der Waals surface area contributed by atoms with Gasteiger partial charge in [0.05, 0.1) is 25.2 Å². The van der Waals surface area contributed by atoms with E-state index in [9.17, 15) is 14.7 Å². The molecule has 0 bridgehead atoms. The second-order valence-electron chi connectivity index (χ2n) is 4.40. The van der Waals surface area contributed by atoms with Crippen LogP contribution >= 0.6 is 0 Å². The number of nitrogens with zero attached hydrogens (tertiary/aromatic N) is 1. The van der Waals surface area contributed by atoms with Crippen LogP contribution in [0.25, 0.3) is 0 Å². The summed E-state index contributed by atoms with van der Waals surface area (Å²) in [6.45, 7) is 5.06. The Morgan fingerprint density at radius 1 is 1.20 bits per heavy atom. The Bertz CT molecular complexity index is 451. The minimum absolute atomic E-state index is 0.0409. The minimum atomic E-state index is -0.866. The fourth-order valence-corrected chi connectivity index (χ4v) is 1.95. The molecule has 0 aliphatic heterocycles. The van der Waals surface area contributed by atoms with E-state index in [1.54, 1.807) is 29.2 Å². The van der Waals surface area contributed by atoms with Crippen LogP contribution in [-0.4, -0.2) is 42.1 Å². The van der Waals surface area contributed by atoms with Crippen molar-refractivity contribution in [3.8, 4) is 0 Å². The summed E-state index contributed by atoms with van der Waals surface area (Å²) in [7, 11) is 1.31. The lowest BCUT2D eigenvalue weighted by atomic mass is 10.0.